The monoisotopic (exact) mass is 434 g/mol. The van der Waals surface area contributed by atoms with Crippen LogP contribution in [0.15, 0.2) is 60.9 Å². The molecule has 8 nitrogen and oxygen atoms in total. The van der Waals surface area contributed by atoms with E-state index >= 15 is 0 Å². The fourth-order valence-corrected chi connectivity index (χ4v) is 3.98. The Morgan fingerprint density at radius 2 is 1.88 bits per heavy atom. The normalized spacial score (nSPS) is 16.7. The van der Waals surface area contributed by atoms with E-state index in [2.05, 4.69) is 10.3 Å². The van der Waals surface area contributed by atoms with Crippen LogP contribution >= 0.6 is 0 Å². The van der Waals surface area contributed by atoms with Crippen molar-refractivity contribution in [1.29, 1.82) is 0 Å². The lowest BCUT2D eigenvalue weighted by Gasteiger charge is -2.22. The van der Waals surface area contributed by atoms with Crippen LogP contribution < -0.4 is 19.7 Å². The van der Waals surface area contributed by atoms with Gasteiger partial charge in [0, 0.05) is 32.4 Å². The number of aromatic nitrogens is 2. The SMILES string of the molecule is COc1ccc(C(NC(=O)C2CC(=O)N(c3ccccc3OC)C2)c2nccn2C)cc1. The van der Waals surface area contributed by atoms with Gasteiger partial charge in [0.05, 0.1) is 25.8 Å². The smallest absolute Gasteiger partial charge is 0.227 e. The van der Waals surface area contributed by atoms with Crippen molar-refractivity contribution in [3.63, 3.8) is 0 Å². The van der Waals surface area contributed by atoms with Crippen LogP contribution in [-0.4, -0.2) is 42.1 Å². The van der Waals surface area contributed by atoms with Gasteiger partial charge in [0.2, 0.25) is 11.8 Å². The number of amides is 2. The lowest BCUT2D eigenvalue weighted by molar-refractivity contribution is -0.126. The molecule has 0 spiro atoms. The third kappa shape index (κ3) is 4.16. The van der Waals surface area contributed by atoms with Crippen molar-refractivity contribution in [3.8, 4) is 11.5 Å². The van der Waals surface area contributed by atoms with Crippen molar-refractivity contribution in [2.24, 2.45) is 13.0 Å². The van der Waals surface area contributed by atoms with Gasteiger partial charge in [0.15, 0.2) is 0 Å². The van der Waals surface area contributed by atoms with Crippen LogP contribution in [0.2, 0.25) is 0 Å². The molecule has 1 aromatic heterocycles. The molecule has 166 valence electrons. The standard InChI is InChI=1S/C24H26N4O4/c1-27-13-12-25-23(27)22(16-8-10-18(31-2)11-9-16)26-24(30)17-14-21(29)28(15-17)19-6-4-5-7-20(19)32-3/h4-13,17,22H,14-15H2,1-3H3,(H,26,30). The average Bonchev–Trinajstić information content (AvgIpc) is 3.42. The highest BCUT2D eigenvalue weighted by atomic mass is 16.5. The lowest BCUT2D eigenvalue weighted by Crippen LogP contribution is -2.37. The third-order valence-corrected chi connectivity index (χ3v) is 5.72. The zero-order chi connectivity index (χ0) is 22.7. The molecule has 1 N–H and O–H groups in total. The minimum absolute atomic E-state index is 0.104. The maximum Gasteiger partial charge on any atom is 0.227 e. The Morgan fingerprint density at radius 3 is 2.53 bits per heavy atom. The Balaban J connectivity index is 1.56. The van der Waals surface area contributed by atoms with E-state index in [0.29, 0.717) is 23.8 Å². The van der Waals surface area contributed by atoms with Gasteiger partial charge in [-0.1, -0.05) is 24.3 Å². The molecule has 2 atom stereocenters. The first-order valence-electron chi connectivity index (χ1n) is 10.4. The van der Waals surface area contributed by atoms with Crippen LogP contribution in [0, 0.1) is 5.92 Å². The van der Waals surface area contributed by atoms with Crippen molar-refractivity contribution in [1.82, 2.24) is 14.9 Å². The molecule has 0 aliphatic carbocycles. The molecule has 2 heterocycles. The van der Waals surface area contributed by atoms with Crippen molar-refractivity contribution >= 4 is 17.5 Å². The minimum Gasteiger partial charge on any atom is -0.497 e. The van der Waals surface area contributed by atoms with E-state index in [0.717, 1.165) is 11.3 Å². The van der Waals surface area contributed by atoms with Gasteiger partial charge in [-0.05, 0) is 29.8 Å². The summed E-state index contributed by atoms with van der Waals surface area (Å²) in [5, 5.41) is 3.10. The number of benzene rings is 2. The van der Waals surface area contributed by atoms with Crippen LogP contribution in [0.25, 0.3) is 0 Å². The molecule has 8 heteroatoms. The quantitative estimate of drug-likeness (QED) is 0.618. The maximum atomic E-state index is 13.3. The fraction of sp³-hybridized carbons (Fsp3) is 0.292. The fourth-order valence-electron chi connectivity index (χ4n) is 3.98. The second-order valence-corrected chi connectivity index (χ2v) is 7.69. The van der Waals surface area contributed by atoms with Gasteiger partial charge < -0.3 is 24.3 Å². The number of hydrogen-bond donors (Lipinski definition) is 1. The molecule has 0 saturated carbocycles. The van der Waals surface area contributed by atoms with Crippen LogP contribution in [0.3, 0.4) is 0 Å². The Bertz CT molecular complexity index is 1110. The summed E-state index contributed by atoms with van der Waals surface area (Å²) in [6.07, 6.45) is 3.67. The van der Waals surface area contributed by atoms with Gasteiger partial charge in [-0.2, -0.15) is 0 Å². The number of nitrogens with zero attached hydrogens (tertiary/aromatic N) is 3. The second kappa shape index (κ2) is 9.13. The number of aryl methyl sites for hydroxylation is 1. The predicted octanol–water partition coefficient (Wildman–Crippen LogP) is 2.70. The molecule has 2 amide bonds. The topological polar surface area (TPSA) is 85.7 Å². The first-order chi connectivity index (χ1) is 15.5. The molecule has 3 aromatic rings. The molecule has 1 aliphatic heterocycles. The van der Waals surface area contributed by atoms with Gasteiger partial charge >= 0.3 is 0 Å². The summed E-state index contributed by atoms with van der Waals surface area (Å²) in [4.78, 5) is 32.0. The number of carbonyl (C=O) groups excluding carboxylic acids is 2. The van der Waals surface area contributed by atoms with E-state index in [4.69, 9.17) is 9.47 Å². The first kappa shape index (κ1) is 21.4. The maximum absolute atomic E-state index is 13.3. The summed E-state index contributed by atoms with van der Waals surface area (Å²) in [6, 6.07) is 14.4. The molecule has 2 unspecified atom stereocenters. The van der Waals surface area contributed by atoms with Crippen molar-refractivity contribution in [2.75, 3.05) is 25.7 Å². The van der Waals surface area contributed by atoms with Gasteiger partial charge in [-0.15, -0.1) is 0 Å². The van der Waals surface area contributed by atoms with E-state index in [-0.39, 0.29) is 18.2 Å². The molecule has 0 bridgehead atoms. The summed E-state index contributed by atoms with van der Waals surface area (Å²) < 4.78 is 12.5. The van der Waals surface area contributed by atoms with E-state index in [9.17, 15) is 9.59 Å². The van der Waals surface area contributed by atoms with Gasteiger partial charge in [-0.25, -0.2) is 4.98 Å². The summed E-state index contributed by atoms with van der Waals surface area (Å²) in [5.41, 5.74) is 1.55. The number of carbonyl (C=O) groups is 2. The zero-order valence-corrected chi connectivity index (χ0v) is 18.3. The number of rotatable bonds is 7. The highest BCUT2D eigenvalue weighted by Crippen LogP contribution is 2.33. The number of imidazole rings is 1. The predicted molar refractivity (Wildman–Crippen MR) is 120 cm³/mol. The Morgan fingerprint density at radius 1 is 1.12 bits per heavy atom. The molecule has 1 saturated heterocycles. The number of methoxy groups -OCH3 is 2. The molecule has 4 rings (SSSR count). The minimum atomic E-state index is -0.478. The van der Waals surface area contributed by atoms with E-state index in [1.54, 1.807) is 31.4 Å². The summed E-state index contributed by atoms with van der Waals surface area (Å²) in [7, 11) is 5.06. The summed E-state index contributed by atoms with van der Waals surface area (Å²) in [5.74, 6) is 1.26. The Labute approximate surface area is 186 Å². The summed E-state index contributed by atoms with van der Waals surface area (Å²) >= 11 is 0. The van der Waals surface area contributed by atoms with Crippen molar-refractivity contribution in [2.45, 2.75) is 12.5 Å². The Hall–Kier alpha value is -3.81. The largest absolute Gasteiger partial charge is 0.497 e. The van der Waals surface area contributed by atoms with Crippen LogP contribution in [0.5, 0.6) is 11.5 Å². The van der Waals surface area contributed by atoms with Gasteiger partial charge in [0.1, 0.15) is 23.4 Å². The number of anilines is 1. The molecule has 32 heavy (non-hydrogen) atoms. The number of nitrogens with one attached hydrogen (secondary N) is 1. The van der Waals surface area contributed by atoms with Crippen LogP contribution in [0.1, 0.15) is 23.9 Å². The third-order valence-electron chi connectivity index (χ3n) is 5.72. The highest BCUT2D eigenvalue weighted by Gasteiger charge is 2.37. The van der Waals surface area contributed by atoms with Gasteiger partial charge in [-0.3, -0.25) is 9.59 Å². The molecular formula is C24H26N4O4. The first-order valence-corrected chi connectivity index (χ1v) is 10.4. The van der Waals surface area contributed by atoms with Crippen LogP contribution in [-0.2, 0) is 16.6 Å². The van der Waals surface area contributed by atoms with E-state index < -0.39 is 12.0 Å². The highest BCUT2D eigenvalue weighted by molar-refractivity contribution is 6.01. The van der Waals surface area contributed by atoms with E-state index in [1.165, 1.54) is 0 Å². The zero-order valence-electron chi connectivity index (χ0n) is 18.3. The molecular weight excluding hydrogens is 408 g/mol. The van der Waals surface area contributed by atoms with Crippen LogP contribution in [0.4, 0.5) is 5.69 Å². The second-order valence-electron chi connectivity index (χ2n) is 7.69. The lowest BCUT2D eigenvalue weighted by atomic mass is 10.0. The Kier molecular flexibility index (Phi) is 6.11. The number of para-hydroxylation sites is 2. The molecule has 2 aromatic carbocycles. The molecule has 1 fully saturated rings. The van der Waals surface area contributed by atoms with Gasteiger partial charge in [0.25, 0.3) is 0 Å². The van der Waals surface area contributed by atoms with E-state index in [1.807, 2.05) is 60.3 Å². The van der Waals surface area contributed by atoms with Crippen molar-refractivity contribution in [3.05, 3.63) is 72.3 Å². The molecule has 0 radical (unpaired) electrons. The van der Waals surface area contributed by atoms with Crippen molar-refractivity contribution < 1.29 is 19.1 Å². The number of ether oxygens (including phenoxy) is 2. The summed E-state index contributed by atoms with van der Waals surface area (Å²) in [6.45, 7) is 0.293. The molecule has 1 aliphatic rings. The average molecular weight is 434 g/mol. The number of hydrogen-bond acceptors (Lipinski definition) is 5.